The van der Waals surface area contributed by atoms with Gasteiger partial charge in [-0.25, -0.2) is 4.98 Å². The molecular weight excluding hydrogens is 317 g/mol. The van der Waals surface area contributed by atoms with E-state index in [9.17, 15) is 13.2 Å². The summed E-state index contributed by atoms with van der Waals surface area (Å²) in [6, 6.07) is 2.18. The lowest BCUT2D eigenvalue weighted by Gasteiger charge is -2.12. The van der Waals surface area contributed by atoms with Crippen molar-refractivity contribution < 1.29 is 17.9 Å². The number of rotatable bonds is 6. The zero-order valence-corrected chi connectivity index (χ0v) is 12.2. The maximum Gasteiger partial charge on any atom is 0.421 e. The van der Waals surface area contributed by atoms with Crippen molar-refractivity contribution in [1.82, 2.24) is 15.2 Å². The lowest BCUT2D eigenvalue weighted by atomic mass is 10.2. The van der Waals surface area contributed by atoms with Gasteiger partial charge in [0.15, 0.2) is 0 Å². The van der Waals surface area contributed by atoms with Crippen molar-refractivity contribution in [1.29, 1.82) is 0 Å². The molecule has 2 heterocycles. The van der Waals surface area contributed by atoms with E-state index in [4.69, 9.17) is 4.74 Å². The van der Waals surface area contributed by atoms with E-state index in [0.717, 1.165) is 23.9 Å². The zero-order chi connectivity index (χ0) is 15.6. The molecule has 0 unspecified atom stereocenters. The van der Waals surface area contributed by atoms with E-state index < -0.39 is 17.6 Å². The predicted molar refractivity (Wildman–Crippen MR) is 75.1 cm³/mol. The maximum absolute atomic E-state index is 12.8. The minimum atomic E-state index is -4.48. The van der Waals surface area contributed by atoms with Crippen LogP contribution in [0.25, 0.3) is 0 Å². The highest BCUT2D eigenvalue weighted by atomic mass is 32.1. The molecule has 1 aliphatic carbocycles. The fraction of sp³-hybridized carbons (Fsp3) is 0.462. The number of pyridine rings is 1. The first-order valence-corrected chi connectivity index (χ1v) is 7.58. The highest BCUT2D eigenvalue weighted by molar-refractivity contribution is 7.15. The molecule has 0 spiro atoms. The van der Waals surface area contributed by atoms with Gasteiger partial charge in [0.2, 0.25) is 11.0 Å². The first kappa shape index (κ1) is 15.0. The molecule has 1 fully saturated rings. The highest BCUT2D eigenvalue weighted by Gasteiger charge is 2.35. The third-order valence-electron chi connectivity index (χ3n) is 3.06. The number of nitrogens with zero attached hydrogens (tertiary/aromatic N) is 3. The molecule has 1 aliphatic rings. The second-order valence-electron chi connectivity index (χ2n) is 4.85. The summed E-state index contributed by atoms with van der Waals surface area (Å²) in [5, 5.41) is 12.7. The van der Waals surface area contributed by atoms with E-state index in [-0.39, 0.29) is 6.61 Å². The molecule has 0 aromatic carbocycles. The Morgan fingerprint density at radius 3 is 2.86 bits per heavy atom. The number of nitrogens with one attached hydrogen (secondary N) is 1. The Kier molecular flexibility index (Phi) is 4.14. The Labute approximate surface area is 128 Å². The van der Waals surface area contributed by atoms with Crippen LogP contribution in [-0.4, -0.2) is 28.3 Å². The van der Waals surface area contributed by atoms with Crippen molar-refractivity contribution >= 4 is 16.5 Å². The van der Waals surface area contributed by atoms with Crippen LogP contribution in [0.2, 0.25) is 0 Å². The molecule has 0 atom stereocenters. The van der Waals surface area contributed by atoms with E-state index in [2.05, 4.69) is 20.5 Å². The third kappa shape index (κ3) is 3.65. The maximum atomic E-state index is 12.8. The molecule has 0 bridgehead atoms. The quantitative estimate of drug-likeness (QED) is 0.823. The summed E-state index contributed by atoms with van der Waals surface area (Å²) >= 11 is 1.47. The van der Waals surface area contributed by atoms with E-state index in [0.29, 0.717) is 17.6 Å². The first-order valence-electron chi connectivity index (χ1n) is 6.76. The van der Waals surface area contributed by atoms with Crippen molar-refractivity contribution in [2.24, 2.45) is 0 Å². The first-order chi connectivity index (χ1) is 10.5. The fourth-order valence-corrected chi connectivity index (χ4v) is 2.77. The standard InChI is InChI=1S/C13H13F3N4OS/c14-13(15,16)9-2-1-5-17-10(9)21-7-6-18-12-20-19-11(22-12)8-3-4-8/h1-2,5,8H,3-4,6-7H2,(H,18,20). The number of ether oxygens (including phenoxy) is 1. The van der Waals surface area contributed by atoms with Crippen LogP contribution in [0.15, 0.2) is 18.3 Å². The Morgan fingerprint density at radius 1 is 1.32 bits per heavy atom. The molecule has 9 heteroatoms. The van der Waals surface area contributed by atoms with Crippen LogP contribution in [-0.2, 0) is 6.18 Å². The summed E-state index contributed by atoms with van der Waals surface area (Å²) in [5.41, 5.74) is -0.873. The van der Waals surface area contributed by atoms with Crippen LogP contribution in [0.4, 0.5) is 18.3 Å². The van der Waals surface area contributed by atoms with Gasteiger partial charge in [0, 0.05) is 12.1 Å². The lowest BCUT2D eigenvalue weighted by Crippen LogP contribution is -2.15. The van der Waals surface area contributed by atoms with Gasteiger partial charge in [-0.3, -0.25) is 0 Å². The largest absolute Gasteiger partial charge is 0.475 e. The molecule has 0 radical (unpaired) electrons. The average molecular weight is 330 g/mol. The molecule has 1 saturated carbocycles. The average Bonchev–Trinajstić information content (AvgIpc) is 3.23. The summed E-state index contributed by atoms with van der Waals surface area (Å²) in [5.74, 6) is 0.125. The molecule has 3 rings (SSSR count). The van der Waals surface area contributed by atoms with Gasteiger partial charge >= 0.3 is 6.18 Å². The van der Waals surface area contributed by atoms with E-state index >= 15 is 0 Å². The number of anilines is 1. The minimum absolute atomic E-state index is 0.0540. The summed E-state index contributed by atoms with van der Waals surface area (Å²) in [7, 11) is 0. The summed E-state index contributed by atoms with van der Waals surface area (Å²) in [6.45, 7) is 0.381. The number of aromatic nitrogens is 3. The van der Waals surface area contributed by atoms with E-state index in [1.165, 1.54) is 23.6 Å². The molecule has 2 aromatic rings. The van der Waals surface area contributed by atoms with Crippen molar-refractivity contribution in [3.63, 3.8) is 0 Å². The minimum Gasteiger partial charge on any atom is -0.475 e. The van der Waals surface area contributed by atoms with Gasteiger partial charge in [-0.15, -0.1) is 10.2 Å². The molecule has 118 valence electrons. The molecule has 2 aromatic heterocycles. The van der Waals surface area contributed by atoms with Crippen LogP contribution in [0.5, 0.6) is 5.88 Å². The second-order valence-corrected chi connectivity index (χ2v) is 5.86. The van der Waals surface area contributed by atoms with Crippen LogP contribution < -0.4 is 10.1 Å². The molecule has 5 nitrogen and oxygen atoms in total. The lowest BCUT2D eigenvalue weighted by molar-refractivity contribution is -0.139. The second kappa shape index (κ2) is 6.07. The summed E-state index contributed by atoms with van der Waals surface area (Å²) < 4.78 is 43.4. The van der Waals surface area contributed by atoms with Gasteiger partial charge in [0.1, 0.15) is 17.2 Å². The van der Waals surface area contributed by atoms with Crippen LogP contribution in [0, 0.1) is 0 Å². The van der Waals surface area contributed by atoms with Gasteiger partial charge in [-0.2, -0.15) is 13.2 Å². The van der Waals surface area contributed by atoms with Crippen LogP contribution >= 0.6 is 11.3 Å². The van der Waals surface area contributed by atoms with Gasteiger partial charge in [-0.1, -0.05) is 11.3 Å². The van der Waals surface area contributed by atoms with Crippen molar-refractivity contribution in [2.45, 2.75) is 24.9 Å². The van der Waals surface area contributed by atoms with E-state index in [1.807, 2.05) is 0 Å². The number of hydrogen-bond acceptors (Lipinski definition) is 6. The Morgan fingerprint density at radius 2 is 2.14 bits per heavy atom. The van der Waals surface area contributed by atoms with Crippen molar-refractivity contribution in [3.05, 3.63) is 28.9 Å². The Hall–Kier alpha value is -1.90. The number of halogens is 3. The monoisotopic (exact) mass is 330 g/mol. The molecule has 0 amide bonds. The van der Waals surface area contributed by atoms with Gasteiger partial charge in [0.05, 0.1) is 6.54 Å². The molecule has 22 heavy (non-hydrogen) atoms. The highest BCUT2D eigenvalue weighted by Crippen LogP contribution is 2.42. The Balaban J connectivity index is 1.50. The molecule has 1 N–H and O–H groups in total. The number of alkyl halides is 3. The van der Waals surface area contributed by atoms with Gasteiger partial charge in [0.25, 0.3) is 0 Å². The van der Waals surface area contributed by atoms with Gasteiger partial charge in [-0.05, 0) is 25.0 Å². The topological polar surface area (TPSA) is 59.9 Å². The summed E-state index contributed by atoms with van der Waals surface area (Å²) in [6.07, 6.45) is -0.907. The molecule has 0 aliphatic heterocycles. The fourth-order valence-electron chi connectivity index (χ4n) is 1.83. The predicted octanol–water partition coefficient (Wildman–Crippen LogP) is 3.32. The summed E-state index contributed by atoms with van der Waals surface area (Å²) in [4.78, 5) is 3.63. The third-order valence-corrected chi connectivity index (χ3v) is 4.10. The van der Waals surface area contributed by atoms with Crippen molar-refractivity contribution in [2.75, 3.05) is 18.5 Å². The number of hydrogen-bond donors (Lipinski definition) is 1. The smallest absolute Gasteiger partial charge is 0.421 e. The Bertz CT molecular complexity index is 642. The van der Waals surface area contributed by atoms with Crippen LogP contribution in [0.3, 0.4) is 0 Å². The normalized spacial score (nSPS) is 14.9. The van der Waals surface area contributed by atoms with E-state index in [1.54, 1.807) is 0 Å². The zero-order valence-electron chi connectivity index (χ0n) is 11.4. The van der Waals surface area contributed by atoms with Crippen molar-refractivity contribution in [3.8, 4) is 5.88 Å². The molecular formula is C13H13F3N4OS. The van der Waals surface area contributed by atoms with Crippen LogP contribution in [0.1, 0.15) is 29.3 Å². The SMILES string of the molecule is FC(F)(F)c1cccnc1OCCNc1nnc(C2CC2)s1. The molecule has 0 saturated heterocycles. The van der Waals surface area contributed by atoms with Gasteiger partial charge < -0.3 is 10.1 Å².